The molecule has 0 spiro atoms. The summed E-state index contributed by atoms with van der Waals surface area (Å²) in [6.45, 7) is 0. The van der Waals surface area contributed by atoms with Gasteiger partial charge < -0.3 is 0 Å². The van der Waals surface area contributed by atoms with Gasteiger partial charge in [0.25, 0.3) is 0 Å². The van der Waals surface area contributed by atoms with Crippen molar-refractivity contribution in [2.45, 2.75) is 24.9 Å². The van der Waals surface area contributed by atoms with Crippen molar-refractivity contribution >= 4 is 15.9 Å². The van der Waals surface area contributed by atoms with Crippen molar-refractivity contribution in [3.63, 3.8) is 0 Å². The molecule has 0 aromatic carbocycles. The first-order chi connectivity index (χ1) is 3.27. The highest BCUT2D eigenvalue weighted by Crippen LogP contribution is 2.36. The summed E-state index contributed by atoms with van der Waals surface area (Å²) >= 11 is 3.11. The number of hydrogen-bond donors (Lipinski definition) is 0. The Hall–Kier alpha value is 0.410. The Morgan fingerprint density at radius 3 is 2.14 bits per heavy atom. The Labute approximate surface area is 51.2 Å². The summed E-state index contributed by atoms with van der Waals surface area (Å²) in [4.78, 5) is 0. The molecule has 0 atom stereocenters. The molecule has 0 amide bonds. The fraction of sp³-hybridized carbons (Fsp3) is 1.00. The topological polar surface area (TPSA) is 0 Å². The molecule has 0 bridgehead atoms. The minimum Gasteiger partial charge on any atom is -0.243 e. The molecule has 0 saturated heterocycles. The van der Waals surface area contributed by atoms with Crippen molar-refractivity contribution in [3.8, 4) is 0 Å². The van der Waals surface area contributed by atoms with Gasteiger partial charge in [0.05, 0.1) is 0 Å². The fourth-order valence-electron chi connectivity index (χ4n) is 0.694. The van der Waals surface area contributed by atoms with E-state index >= 15 is 0 Å². The number of halogens is 2. The van der Waals surface area contributed by atoms with Gasteiger partial charge in [-0.2, -0.15) is 0 Å². The van der Waals surface area contributed by atoms with Gasteiger partial charge in [-0.05, 0) is 19.3 Å². The van der Waals surface area contributed by atoms with E-state index in [1.807, 2.05) is 0 Å². The normalized spacial score (nSPS) is 26.6. The fourth-order valence-corrected chi connectivity index (χ4v) is 1.25. The van der Waals surface area contributed by atoms with Crippen LogP contribution in [0.2, 0.25) is 0 Å². The van der Waals surface area contributed by atoms with Crippen LogP contribution in [0, 0.1) is 0 Å². The molecule has 1 aliphatic rings. The van der Waals surface area contributed by atoms with Crippen LogP contribution in [-0.4, -0.2) is 11.0 Å². The first-order valence-corrected chi connectivity index (χ1v) is 3.64. The molecule has 0 heterocycles. The van der Waals surface area contributed by atoms with Crippen LogP contribution in [0.1, 0.15) is 19.3 Å². The summed E-state index contributed by atoms with van der Waals surface area (Å²) in [6.07, 6.45) is 2.60. The van der Waals surface area contributed by atoms with E-state index in [1.165, 1.54) is 0 Å². The van der Waals surface area contributed by atoms with E-state index in [-0.39, 0.29) is 0 Å². The average Bonchev–Trinajstić information content (AvgIpc) is 1.61. The van der Waals surface area contributed by atoms with Crippen LogP contribution in [0.25, 0.3) is 0 Å². The Morgan fingerprint density at radius 2 is 2.14 bits per heavy atom. The molecule has 0 aliphatic heterocycles. The summed E-state index contributed by atoms with van der Waals surface area (Å²) in [7, 11) is 0. The van der Waals surface area contributed by atoms with Crippen LogP contribution in [0.3, 0.4) is 0 Å². The van der Waals surface area contributed by atoms with Crippen LogP contribution in [0.4, 0.5) is 4.39 Å². The molecule has 0 nitrogen and oxygen atoms in total. The molecule has 1 saturated carbocycles. The first-order valence-electron chi connectivity index (χ1n) is 2.52. The van der Waals surface area contributed by atoms with Crippen LogP contribution in [0.5, 0.6) is 0 Å². The Balaban J connectivity index is 2.29. The van der Waals surface area contributed by atoms with Gasteiger partial charge in [0.1, 0.15) is 5.67 Å². The molecule has 1 fully saturated rings. The summed E-state index contributed by atoms with van der Waals surface area (Å²) < 4.78 is 12.6. The quantitative estimate of drug-likeness (QED) is 0.525. The predicted molar refractivity (Wildman–Crippen MR) is 31.5 cm³/mol. The maximum absolute atomic E-state index is 12.6. The minimum absolute atomic E-state index is 0.528. The standard InChI is InChI=1S/C5H8BrF/c6-4-5(7)2-1-3-5/h1-4H2. The Kier molecular flexibility index (Phi) is 1.37. The van der Waals surface area contributed by atoms with Gasteiger partial charge in [-0.15, -0.1) is 0 Å². The zero-order valence-electron chi connectivity index (χ0n) is 4.08. The molecule has 0 aromatic rings. The molecular formula is C5H8BrF. The van der Waals surface area contributed by atoms with Gasteiger partial charge in [-0.3, -0.25) is 0 Å². The zero-order valence-corrected chi connectivity index (χ0v) is 5.67. The number of alkyl halides is 2. The third-order valence-electron chi connectivity index (χ3n) is 1.49. The minimum atomic E-state index is -0.819. The smallest absolute Gasteiger partial charge is 0.120 e. The lowest BCUT2D eigenvalue weighted by Crippen LogP contribution is -2.33. The first kappa shape index (κ1) is 5.54. The molecule has 2 heteroatoms. The van der Waals surface area contributed by atoms with E-state index in [0.717, 1.165) is 19.3 Å². The van der Waals surface area contributed by atoms with Gasteiger partial charge in [0, 0.05) is 5.33 Å². The second kappa shape index (κ2) is 1.73. The van der Waals surface area contributed by atoms with Gasteiger partial charge in [0.2, 0.25) is 0 Å². The highest BCUT2D eigenvalue weighted by Gasteiger charge is 2.35. The van der Waals surface area contributed by atoms with Crippen LogP contribution in [0.15, 0.2) is 0 Å². The maximum atomic E-state index is 12.6. The van der Waals surface area contributed by atoms with E-state index in [9.17, 15) is 4.39 Å². The summed E-state index contributed by atoms with van der Waals surface area (Å²) in [6, 6.07) is 0. The largest absolute Gasteiger partial charge is 0.243 e. The van der Waals surface area contributed by atoms with Crippen molar-refractivity contribution in [2.24, 2.45) is 0 Å². The second-order valence-corrected chi connectivity index (χ2v) is 2.70. The van der Waals surface area contributed by atoms with Crippen molar-refractivity contribution in [3.05, 3.63) is 0 Å². The highest BCUT2D eigenvalue weighted by molar-refractivity contribution is 9.09. The number of rotatable bonds is 1. The van der Waals surface area contributed by atoms with E-state index in [1.54, 1.807) is 0 Å². The molecule has 0 radical (unpaired) electrons. The van der Waals surface area contributed by atoms with E-state index < -0.39 is 5.67 Å². The molecule has 1 rings (SSSR count). The van der Waals surface area contributed by atoms with Crippen LogP contribution >= 0.6 is 15.9 Å². The van der Waals surface area contributed by atoms with Gasteiger partial charge in [0.15, 0.2) is 0 Å². The monoisotopic (exact) mass is 166 g/mol. The lowest BCUT2D eigenvalue weighted by molar-refractivity contribution is 0.0927. The molecular weight excluding hydrogens is 159 g/mol. The maximum Gasteiger partial charge on any atom is 0.120 e. The SMILES string of the molecule is FC1(CBr)CCC1. The van der Waals surface area contributed by atoms with Crippen LogP contribution in [-0.2, 0) is 0 Å². The molecule has 0 N–H and O–H groups in total. The molecule has 42 valence electrons. The van der Waals surface area contributed by atoms with Gasteiger partial charge in [-0.1, -0.05) is 15.9 Å². The highest BCUT2D eigenvalue weighted by atomic mass is 79.9. The third-order valence-corrected chi connectivity index (χ3v) is 2.49. The van der Waals surface area contributed by atoms with Crippen molar-refractivity contribution < 1.29 is 4.39 Å². The van der Waals surface area contributed by atoms with Gasteiger partial charge >= 0.3 is 0 Å². The number of hydrogen-bond acceptors (Lipinski definition) is 0. The lowest BCUT2D eigenvalue weighted by Gasteiger charge is -2.31. The molecule has 0 aromatic heterocycles. The van der Waals surface area contributed by atoms with Crippen molar-refractivity contribution in [1.29, 1.82) is 0 Å². The zero-order chi connectivity index (χ0) is 5.33. The van der Waals surface area contributed by atoms with Gasteiger partial charge in [-0.25, -0.2) is 4.39 Å². The summed E-state index contributed by atoms with van der Waals surface area (Å²) in [5, 5.41) is 0.528. The Bertz CT molecular complexity index is 63.0. The van der Waals surface area contributed by atoms with Crippen LogP contribution < -0.4 is 0 Å². The predicted octanol–water partition coefficient (Wildman–Crippen LogP) is 2.27. The summed E-state index contributed by atoms with van der Waals surface area (Å²) in [5.41, 5.74) is -0.819. The summed E-state index contributed by atoms with van der Waals surface area (Å²) in [5.74, 6) is 0. The molecule has 1 aliphatic carbocycles. The lowest BCUT2D eigenvalue weighted by atomic mass is 9.84. The average molecular weight is 167 g/mol. The second-order valence-electron chi connectivity index (χ2n) is 2.14. The third kappa shape index (κ3) is 0.958. The molecule has 0 unspecified atom stereocenters. The Morgan fingerprint density at radius 1 is 1.57 bits per heavy atom. The molecule has 7 heavy (non-hydrogen) atoms. The van der Waals surface area contributed by atoms with E-state index in [0.29, 0.717) is 5.33 Å². The van der Waals surface area contributed by atoms with Crippen molar-refractivity contribution in [2.75, 3.05) is 5.33 Å². The van der Waals surface area contributed by atoms with E-state index in [4.69, 9.17) is 0 Å². The van der Waals surface area contributed by atoms with E-state index in [2.05, 4.69) is 15.9 Å². The van der Waals surface area contributed by atoms with Crippen molar-refractivity contribution in [1.82, 2.24) is 0 Å².